The van der Waals surface area contributed by atoms with Gasteiger partial charge < -0.3 is 4.40 Å². The zero-order valence-corrected chi connectivity index (χ0v) is 21.9. The van der Waals surface area contributed by atoms with E-state index in [1.165, 1.54) is 5.56 Å². The third-order valence-electron chi connectivity index (χ3n) is 8.01. The van der Waals surface area contributed by atoms with Crippen LogP contribution in [0.25, 0.3) is 50.2 Å². The second-order valence-electron chi connectivity index (χ2n) is 10.4. The summed E-state index contributed by atoms with van der Waals surface area (Å²) >= 11 is 0. The highest BCUT2D eigenvalue weighted by Crippen LogP contribution is 2.47. The van der Waals surface area contributed by atoms with Gasteiger partial charge >= 0.3 is 0 Å². The van der Waals surface area contributed by atoms with Crippen molar-refractivity contribution in [1.29, 1.82) is 0 Å². The number of fused-ring (bicyclic) bond motifs is 6. The fourth-order valence-electron chi connectivity index (χ4n) is 6.00. The third-order valence-corrected chi connectivity index (χ3v) is 8.01. The number of pyridine rings is 2. The van der Waals surface area contributed by atoms with E-state index in [1.807, 2.05) is 18.2 Å². The molecule has 190 valence electrons. The van der Waals surface area contributed by atoms with Gasteiger partial charge in [-0.15, -0.1) is 0 Å². The lowest BCUT2D eigenvalue weighted by molar-refractivity contribution is 0.795. The number of aromatic nitrogens is 3. The lowest BCUT2D eigenvalue weighted by Gasteiger charge is -2.18. The highest BCUT2D eigenvalue weighted by atomic mass is 15.0. The van der Waals surface area contributed by atoms with Crippen LogP contribution in [-0.4, -0.2) is 20.1 Å². The van der Waals surface area contributed by atoms with Gasteiger partial charge in [-0.1, -0.05) is 91.0 Å². The van der Waals surface area contributed by atoms with Gasteiger partial charge in [-0.05, 0) is 48.2 Å². The van der Waals surface area contributed by atoms with Crippen LogP contribution >= 0.6 is 0 Å². The Hall–Kier alpha value is -5.09. The van der Waals surface area contributed by atoms with Crippen molar-refractivity contribution in [1.82, 2.24) is 14.4 Å². The predicted molar refractivity (Wildman–Crippen MR) is 164 cm³/mol. The molecule has 6 aromatic rings. The molecule has 0 radical (unpaired) electrons. The van der Waals surface area contributed by atoms with Gasteiger partial charge in [-0.25, -0.2) is 9.97 Å². The van der Waals surface area contributed by atoms with Crippen LogP contribution < -0.4 is 0 Å². The molecule has 8 rings (SSSR count). The molecule has 0 saturated heterocycles. The molecule has 1 aliphatic heterocycles. The van der Waals surface area contributed by atoms with E-state index in [-0.39, 0.29) is 5.92 Å². The highest BCUT2D eigenvalue weighted by Gasteiger charge is 2.31. The summed E-state index contributed by atoms with van der Waals surface area (Å²) in [6.07, 6.45) is 14.9. The van der Waals surface area contributed by atoms with E-state index in [9.17, 15) is 0 Å². The van der Waals surface area contributed by atoms with Gasteiger partial charge in [0.25, 0.3) is 0 Å². The first-order valence-electron chi connectivity index (χ1n) is 13.8. The van der Waals surface area contributed by atoms with Crippen LogP contribution in [0.1, 0.15) is 24.3 Å². The van der Waals surface area contributed by atoms with Crippen LogP contribution in [0.2, 0.25) is 0 Å². The number of nitrogens with zero attached hydrogens (tertiary/aromatic N) is 4. The Kier molecular flexibility index (Phi) is 5.30. The van der Waals surface area contributed by atoms with Gasteiger partial charge in [0.2, 0.25) is 0 Å². The number of rotatable bonds is 3. The number of imidazole rings is 1. The summed E-state index contributed by atoms with van der Waals surface area (Å²) in [7, 11) is 0. The van der Waals surface area contributed by atoms with Crippen molar-refractivity contribution in [3.63, 3.8) is 0 Å². The molecule has 0 amide bonds. The van der Waals surface area contributed by atoms with Crippen molar-refractivity contribution >= 4 is 27.9 Å². The maximum absolute atomic E-state index is 5.21. The SMILES string of the molecule is C1=C\CCC2C(=Nc3c2c(-c2ccc(-c4ccn5cc(-c6ccccc6)nc5c4)cc2)nc2ccccc32)\C=C/1. The number of hydrogen-bond donors (Lipinski definition) is 0. The Morgan fingerprint density at radius 3 is 2.45 bits per heavy atom. The Morgan fingerprint density at radius 1 is 0.725 bits per heavy atom. The molecule has 0 N–H and O–H groups in total. The molecule has 4 heterocycles. The summed E-state index contributed by atoms with van der Waals surface area (Å²) in [4.78, 5) is 15.2. The second-order valence-corrected chi connectivity index (χ2v) is 10.4. The van der Waals surface area contributed by atoms with Crippen LogP contribution in [-0.2, 0) is 0 Å². The Bertz CT molecular complexity index is 1990. The molecule has 2 aliphatic rings. The maximum Gasteiger partial charge on any atom is 0.138 e. The molecular formula is C36H26N4. The van der Waals surface area contributed by atoms with E-state index >= 15 is 0 Å². The van der Waals surface area contributed by atoms with E-state index in [2.05, 4.69) is 114 Å². The normalized spacial score (nSPS) is 17.6. The minimum Gasteiger partial charge on any atom is -0.306 e. The number of hydrogen-bond acceptors (Lipinski definition) is 3. The van der Waals surface area contributed by atoms with Crippen LogP contribution in [0.15, 0.2) is 133 Å². The fourth-order valence-corrected chi connectivity index (χ4v) is 6.00. The molecule has 1 aliphatic carbocycles. The summed E-state index contributed by atoms with van der Waals surface area (Å²) in [5, 5.41) is 1.13. The Labute approximate surface area is 232 Å². The van der Waals surface area contributed by atoms with E-state index in [1.54, 1.807) is 0 Å². The van der Waals surface area contributed by atoms with Crippen molar-refractivity contribution in [2.75, 3.05) is 0 Å². The van der Waals surface area contributed by atoms with Crippen molar-refractivity contribution in [2.24, 2.45) is 4.99 Å². The molecule has 1 unspecified atom stereocenters. The molecule has 4 nitrogen and oxygen atoms in total. The molecule has 40 heavy (non-hydrogen) atoms. The highest BCUT2D eigenvalue weighted by molar-refractivity contribution is 6.12. The molecule has 3 aromatic carbocycles. The number of para-hydroxylation sites is 1. The number of benzene rings is 3. The van der Waals surface area contributed by atoms with E-state index in [0.29, 0.717) is 0 Å². The van der Waals surface area contributed by atoms with Gasteiger partial charge in [0, 0.05) is 46.1 Å². The average molecular weight is 515 g/mol. The summed E-state index contributed by atoms with van der Waals surface area (Å²) in [5.41, 5.74) is 12.0. The second kappa shape index (κ2) is 9.28. The largest absolute Gasteiger partial charge is 0.306 e. The summed E-state index contributed by atoms with van der Waals surface area (Å²) < 4.78 is 2.08. The van der Waals surface area contributed by atoms with Crippen LogP contribution in [0.5, 0.6) is 0 Å². The molecule has 0 bridgehead atoms. The Balaban J connectivity index is 1.19. The van der Waals surface area contributed by atoms with Gasteiger partial charge in [0.1, 0.15) is 5.65 Å². The lowest BCUT2D eigenvalue weighted by atomic mass is 9.86. The van der Waals surface area contributed by atoms with Gasteiger partial charge in [-0.3, -0.25) is 4.99 Å². The van der Waals surface area contributed by atoms with Crippen LogP contribution in [0.4, 0.5) is 5.69 Å². The first-order chi connectivity index (χ1) is 19.8. The smallest absolute Gasteiger partial charge is 0.138 e. The minimum absolute atomic E-state index is 0.254. The topological polar surface area (TPSA) is 42.5 Å². The van der Waals surface area contributed by atoms with Gasteiger partial charge in [-0.2, -0.15) is 0 Å². The molecule has 1 atom stereocenters. The van der Waals surface area contributed by atoms with E-state index < -0.39 is 0 Å². The summed E-state index contributed by atoms with van der Waals surface area (Å²) in [5.74, 6) is 0.254. The summed E-state index contributed by atoms with van der Waals surface area (Å²) in [6.45, 7) is 0. The standard InChI is InChI=1S/C36H26N4/c1-2-7-14-30-28(12-6-1)34-35(38-31-15-9-8-13-29(31)36(34)39-30)26-18-16-24(17-19-26)27-20-21-40-23-32(37-33(40)22-27)25-10-4-3-5-11-25/h1-5,7-11,13-23,28H,6,12H2/b2-1-,14-7-. The lowest BCUT2D eigenvalue weighted by Crippen LogP contribution is -2.08. The quantitative estimate of drug-likeness (QED) is 0.237. The van der Waals surface area contributed by atoms with E-state index in [4.69, 9.17) is 15.0 Å². The van der Waals surface area contributed by atoms with Crippen LogP contribution in [0, 0.1) is 0 Å². The Morgan fingerprint density at radius 2 is 1.55 bits per heavy atom. The third kappa shape index (κ3) is 3.80. The summed E-state index contributed by atoms with van der Waals surface area (Å²) in [6, 6.07) is 31.8. The minimum atomic E-state index is 0.254. The maximum atomic E-state index is 5.21. The first kappa shape index (κ1) is 22.9. The van der Waals surface area contributed by atoms with Crippen LogP contribution in [0.3, 0.4) is 0 Å². The molecular weight excluding hydrogens is 488 g/mol. The first-order valence-corrected chi connectivity index (χ1v) is 13.8. The van der Waals surface area contributed by atoms with Crippen molar-refractivity contribution in [2.45, 2.75) is 18.8 Å². The molecule has 0 spiro atoms. The zero-order chi connectivity index (χ0) is 26.5. The molecule has 0 saturated carbocycles. The zero-order valence-electron chi connectivity index (χ0n) is 21.9. The molecule has 4 heteroatoms. The fraction of sp³-hybridized carbons (Fsp3) is 0.0833. The van der Waals surface area contributed by atoms with Crippen molar-refractivity contribution < 1.29 is 0 Å². The van der Waals surface area contributed by atoms with Crippen molar-refractivity contribution in [3.05, 3.63) is 133 Å². The average Bonchev–Trinajstić information content (AvgIpc) is 3.58. The predicted octanol–water partition coefficient (Wildman–Crippen LogP) is 8.96. The molecule has 0 fully saturated rings. The monoisotopic (exact) mass is 514 g/mol. The number of allylic oxidation sites excluding steroid dienone is 4. The van der Waals surface area contributed by atoms with Gasteiger partial charge in [0.15, 0.2) is 0 Å². The van der Waals surface area contributed by atoms with Crippen molar-refractivity contribution in [3.8, 4) is 33.6 Å². The van der Waals surface area contributed by atoms with E-state index in [0.717, 1.165) is 74.4 Å². The molecule has 3 aromatic heterocycles. The number of aliphatic imine (C=N–C) groups is 1. The van der Waals surface area contributed by atoms with Gasteiger partial charge in [0.05, 0.1) is 22.6 Å².